The third kappa shape index (κ3) is 4.85. The zero-order valence-electron chi connectivity index (χ0n) is 7.10. The van der Waals surface area contributed by atoms with Crippen LogP contribution in [-0.2, 0) is 9.47 Å². The van der Waals surface area contributed by atoms with Gasteiger partial charge in [0.15, 0.2) is 8.38 Å². The van der Waals surface area contributed by atoms with Crippen molar-refractivity contribution < 1.29 is 19.3 Å². The Hall–Kier alpha value is 0.0749. The van der Waals surface area contributed by atoms with Crippen LogP contribution in [0.2, 0.25) is 0 Å². The Balaban J connectivity index is 4.05. The van der Waals surface area contributed by atoms with Crippen LogP contribution in [0, 0.1) is 0 Å². The lowest BCUT2D eigenvalue weighted by Gasteiger charge is -2.11. The van der Waals surface area contributed by atoms with Crippen molar-refractivity contribution in [2.45, 2.75) is 6.10 Å². The van der Waals surface area contributed by atoms with Gasteiger partial charge in [-0.05, 0) is 5.21 Å². The van der Waals surface area contributed by atoms with E-state index in [0.29, 0.717) is 6.61 Å². The highest BCUT2D eigenvalue weighted by molar-refractivity contribution is 7.52. The Bertz CT molecular complexity index is 150. The Morgan fingerprint density at radius 1 is 1.58 bits per heavy atom. The molecule has 0 aromatic rings. The van der Waals surface area contributed by atoms with Crippen LogP contribution in [0.15, 0.2) is 11.3 Å². The molecule has 2 radical (unpaired) electrons. The van der Waals surface area contributed by atoms with Gasteiger partial charge < -0.3 is 19.3 Å². The maximum Gasteiger partial charge on any atom is 0.183 e. The number of ether oxygens (including phenoxy) is 2. The van der Waals surface area contributed by atoms with Gasteiger partial charge in [-0.1, -0.05) is 6.08 Å². The lowest BCUT2D eigenvalue weighted by molar-refractivity contribution is 0.0571. The van der Waals surface area contributed by atoms with Crippen LogP contribution in [0.25, 0.3) is 0 Å². The van der Waals surface area contributed by atoms with Crippen molar-refractivity contribution in [1.29, 1.82) is 0 Å². The fourth-order valence-electron chi connectivity index (χ4n) is 0.606. The Kier molecular flexibility index (Phi) is 6.62. The van der Waals surface area contributed by atoms with E-state index in [-0.39, 0.29) is 11.3 Å². The maximum atomic E-state index is 8.66. The molecule has 68 valence electrons. The van der Waals surface area contributed by atoms with Gasteiger partial charge in [0.2, 0.25) is 0 Å². The molecule has 0 heterocycles. The summed E-state index contributed by atoms with van der Waals surface area (Å²) in [5, 5.41) is 0.0221. The van der Waals surface area contributed by atoms with Crippen molar-refractivity contribution in [3.05, 3.63) is 11.3 Å². The molecule has 0 aromatic heterocycles. The third-order valence-corrected chi connectivity index (χ3v) is 1.83. The van der Waals surface area contributed by atoms with Gasteiger partial charge in [-0.15, -0.1) is 0 Å². The quantitative estimate of drug-likeness (QED) is 0.471. The van der Waals surface area contributed by atoms with E-state index in [4.69, 9.17) is 27.1 Å². The molecule has 2 N–H and O–H groups in total. The Morgan fingerprint density at radius 3 is 2.50 bits per heavy atom. The average Bonchev–Trinajstić information content (AvgIpc) is 2.03. The summed E-state index contributed by atoms with van der Waals surface area (Å²) in [6.45, 7) is 0.334. The molecule has 1 atom stereocenters. The summed E-state index contributed by atoms with van der Waals surface area (Å²) in [6, 6.07) is 0. The molecule has 0 aliphatic heterocycles. The standard InChI is InChI=1S/C6H12BO4P/c1-10-4-5(11-2)3-6(7)12(8)9/h3,5,8-9H,4H2,1-2H3/b6-3+. The molecule has 1 unspecified atom stereocenters. The fourth-order valence-corrected chi connectivity index (χ4v) is 0.905. The predicted octanol–water partition coefficient (Wildman–Crippen LogP) is -0.0458. The minimum Gasteiger partial charge on any atom is -0.382 e. The van der Waals surface area contributed by atoms with Crippen LogP contribution in [0.3, 0.4) is 0 Å². The zero-order valence-corrected chi connectivity index (χ0v) is 7.99. The molecule has 0 bridgehead atoms. The van der Waals surface area contributed by atoms with Crippen LogP contribution in [0.5, 0.6) is 0 Å². The first-order valence-corrected chi connectivity index (χ1v) is 4.53. The minimum atomic E-state index is -2.21. The van der Waals surface area contributed by atoms with Gasteiger partial charge in [-0.25, -0.2) is 0 Å². The second kappa shape index (κ2) is 6.58. The molecular weight excluding hydrogens is 178 g/mol. The van der Waals surface area contributed by atoms with Crippen LogP contribution in [-0.4, -0.2) is 44.6 Å². The molecule has 0 amide bonds. The van der Waals surface area contributed by atoms with Crippen LogP contribution < -0.4 is 0 Å². The van der Waals surface area contributed by atoms with E-state index in [2.05, 4.69) is 0 Å². The molecule has 0 saturated carbocycles. The molecule has 0 aliphatic rings. The highest BCUT2D eigenvalue weighted by Gasteiger charge is 2.06. The van der Waals surface area contributed by atoms with Gasteiger partial charge in [0.1, 0.15) is 7.85 Å². The third-order valence-electron chi connectivity index (χ3n) is 1.22. The zero-order chi connectivity index (χ0) is 9.56. The van der Waals surface area contributed by atoms with E-state index in [0.717, 1.165) is 0 Å². The molecule has 0 saturated heterocycles. The smallest absolute Gasteiger partial charge is 0.183 e. The topological polar surface area (TPSA) is 58.9 Å². The SMILES string of the molecule is [B]/C(=C\C(COC)OC)P(O)O. The lowest BCUT2D eigenvalue weighted by atomic mass is 10.1. The normalized spacial score (nSPS) is 15.2. The van der Waals surface area contributed by atoms with Gasteiger partial charge in [-0.3, -0.25) is 0 Å². The molecule has 0 aromatic carbocycles. The van der Waals surface area contributed by atoms with E-state index in [1.54, 1.807) is 0 Å². The van der Waals surface area contributed by atoms with Crippen molar-refractivity contribution >= 4 is 16.2 Å². The van der Waals surface area contributed by atoms with E-state index in [9.17, 15) is 0 Å². The fraction of sp³-hybridized carbons (Fsp3) is 0.667. The van der Waals surface area contributed by atoms with Gasteiger partial charge in [0, 0.05) is 14.2 Å². The summed E-state index contributed by atoms with van der Waals surface area (Å²) in [5.74, 6) is 0. The van der Waals surface area contributed by atoms with Crippen molar-refractivity contribution in [2.24, 2.45) is 0 Å². The summed E-state index contributed by atoms with van der Waals surface area (Å²) in [4.78, 5) is 17.3. The van der Waals surface area contributed by atoms with Crippen molar-refractivity contribution in [2.75, 3.05) is 20.8 Å². The highest BCUT2D eigenvalue weighted by atomic mass is 31.2. The molecular formula is C6H12BO4P. The second-order valence-electron chi connectivity index (χ2n) is 2.11. The van der Waals surface area contributed by atoms with Crippen LogP contribution >= 0.6 is 8.38 Å². The van der Waals surface area contributed by atoms with Gasteiger partial charge in [0.05, 0.1) is 12.7 Å². The number of rotatable bonds is 5. The average molecular weight is 190 g/mol. The van der Waals surface area contributed by atoms with E-state index >= 15 is 0 Å². The van der Waals surface area contributed by atoms with Gasteiger partial charge in [0.25, 0.3) is 0 Å². The minimum absolute atomic E-state index is 0.0221. The summed E-state index contributed by atoms with van der Waals surface area (Å²) in [7, 11) is 6.09. The van der Waals surface area contributed by atoms with Crippen LogP contribution in [0.1, 0.15) is 0 Å². The van der Waals surface area contributed by atoms with Gasteiger partial charge in [-0.2, -0.15) is 0 Å². The largest absolute Gasteiger partial charge is 0.382 e. The van der Waals surface area contributed by atoms with Crippen molar-refractivity contribution in [3.8, 4) is 0 Å². The van der Waals surface area contributed by atoms with E-state index in [1.807, 2.05) is 0 Å². The second-order valence-corrected chi connectivity index (χ2v) is 3.21. The highest BCUT2D eigenvalue weighted by Crippen LogP contribution is 2.32. The summed E-state index contributed by atoms with van der Waals surface area (Å²) in [6.07, 6.45) is 1.09. The first kappa shape index (κ1) is 12.1. The molecule has 0 fully saturated rings. The monoisotopic (exact) mass is 190 g/mol. The van der Waals surface area contributed by atoms with Gasteiger partial charge >= 0.3 is 0 Å². The predicted molar refractivity (Wildman–Crippen MR) is 47.9 cm³/mol. The maximum absolute atomic E-state index is 8.66. The number of hydrogen-bond donors (Lipinski definition) is 2. The van der Waals surface area contributed by atoms with Crippen molar-refractivity contribution in [1.82, 2.24) is 0 Å². The Morgan fingerprint density at radius 2 is 2.17 bits per heavy atom. The molecule has 0 aliphatic carbocycles. The van der Waals surface area contributed by atoms with E-state index < -0.39 is 8.38 Å². The molecule has 0 spiro atoms. The lowest BCUT2D eigenvalue weighted by Crippen LogP contribution is -2.14. The number of methoxy groups -OCH3 is 2. The molecule has 4 nitrogen and oxygen atoms in total. The molecule has 12 heavy (non-hydrogen) atoms. The summed E-state index contributed by atoms with van der Waals surface area (Å²) in [5.41, 5.74) is 0. The first-order valence-electron chi connectivity index (χ1n) is 3.28. The Labute approximate surface area is 74.5 Å². The summed E-state index contributed by atoms with van der Waals surface area (Å²) < 4.78 is 9.71. The number of hydrogen-bond acceptors (Lipinski definition) is 4. The first-order chi connectivity index (χ1) is 5.61. The van der Waals surface area contributed by atoms with E-state index in [1.165, 1.54) is 20.3 Å². The molecule has 0 rings (SSSR count). The summed E-state index contributed by atoms with van der Waals surface area (Å²) >= 11 is 0. The van der Waals surface area contributed by atoms with Crippen molar-refractivity contribution in [3.63, 3.8) is 0 Å². The molecule has 6 heteroatoms. The van der Waals surface area contributed by atoms with Crippen LogP contribution in [0.4, 0.5) is 0 Å².